The first-order valence-corrected chi connectivity index (χ1v) is 7.39. The summed E-state index contributed by atoms with van der Waals surface area (Å²) in [5.74, 6) is -0.397. The fraction of sp³-hybridized carbons (Fsp3) is 0.500. The lowest BCUT2D eigenvalue weighted by atomic mass is 10.2. The summed E-state index contributed by atoms with van der Waals surface area (Å²) >= 11 is 0. The van der Waals surface area contributed by atoms with Gasteiger partial charge in [0.05, 0.1) is 4.90 Å². The van der Waals surface area contributed by atoms with Crippen LogP contribution < -0.4 is 5.73 Å². The molecule has 108 valence electrons. The van der Waals surface area contributed by atoms with Gasteiger partial charge >= 0.3 is 0 Å². The number of hydrogen-bond donors (Lipinski definition) is 1. The van der Waals surface area contributed by atoms with Gasteiger partial charge in [0.25, 0.3) is 0 Å². The molecule has 2 rings (SSSR count). The predicted molar refractivity (Wildman–Crippen MR) is 74.4 cm³/mol. The number of nitrogens with two attached hydrogens (primary N) is 1. The Morgan fingerprint density at radius 1 is 1.47 bits per heavy atom. The largest absolute Gasteiger partial charge is 0.329 e. The highest BCUT2D eigenvalue weighted by Gasteiger charge is 2.34. The number of hydrogen-bond acceptors (Lipinski definition) is 3. The van der Waals surface area contributed by atoms with Crippen molar-refractivity contribution >= 4 is 22.4 Å². The molecule has 1 heterocycles. The van der Waals surface area contributed by atoms with Crippen LogP contribution in [0, 0.1) is 12.7 Å². The summed E-state index contributed by atoms with van der Waals surface area (Å²) < 4.78 is 39.4. The van der Waals surface area contributed by atoms with E-state index in [-0.39, 0.29) is 23.3 Å². The van der Waals surface area contributed by atoms with Gasteiger partial charge in [0.15, 0.2) is 0 Å². The molecule has 0 radical (unpaired) electrons. The van der Waals surface area contributed by atoms with E-state index in [4.69, 9.17) is 5.73 Å². The molecule has 7 heteroatoms. The smallest absolute Gasteiger partial charge is 0.243 e. The standard InChI is InChI=1S/C12H17FN2O2S.ClH/c1-9-7-11(4-5-12(9)13)18(16,17)15-6-2-3-10(15)8-14;/h4-5,7,10H,2-3,6,8,14H2,1H3;1H. The topological polar surface area (TPSA) is 63.4 Å². The zero-order valence-electron chi connectivity index (χ0n) is 10.7. The van der Waals surface area contributed by atoms with Gasteiger partial charge < -0.3 is 5.73 Å². The Balaban J connectivity index is 0.00000180. The molecule has 1 aromatic carbocycles. The van der Waals surface area contributed by atoms with Crippen molar-refractivity contribution in [3.63, 3.8) is 0 Å². The van der Waals surface area contributed by atoms with Crippen molar-refractivity contribution in [3.05, 3.63) is 29.6 Å². The Hall–Kier alpha value is -0.690. The van der Waals surface area contributed by atoms with Gasteiger partial charge in [0.1, 0.15) is 5.82 Å². The lowest BCUT2D eigenvalue weighted by Gasteiger charge is -2.23. The van der Waals surface area contributed by atoms with Gasteiger partial charge in [0.2, 0.25) is 10.0 Å². The molecule has 2 N–H and O–H groups in total. The summed E-state index contributed by atoms with van der Waals surface area (Å²) in [6.07, 6.45) is 1.61. The molecular weight excluding hydrogens is 291 g/mol. The Labute approximate surface area is 119 Å². The van der Waals surface area contributed by atoms with Crippen molar-refractivity contribution in [1.82, 2.24) is 4.31 Å². The second-order valence-corrected chi connectivity index (χ2v) is 6.45. The predicted octanol–water partition coefficient (Wildman–Crippen LogP) is 1.67. The fourth-order valence-corrected chi connectivity index (χ4v) is 4.06. The van der Waals surface area contributed by atoms with Gasteiger partial charge in [0, 0.05) is 19.1 Å². The van der Waals surface area contributed by atoms with Crippen LogP contribution in [0.2, 0.25) is 0 Å². The van der Waals surface area contributed by atoms with Crippen LogP contribution >= 0.6 is 12.4 Å². The van der Waals surface area contributed by atoms with Crippen LogP contribution in [0.15, 0.2) is 23.1 Å². The van der Waals surface area contributed by atoms with Gasteiger partial charge in [-0.1, -0.05) is 0 Å². The molecule has 1 fully saturated rings. The van der Waals surface area contributed by atoms with Crippen LogP contribution in [0.3, 0.4) is 0 Å². The molecule has 0 aliphatic carbocycles. The summed E-state index contributed by atoms with van der Waals surface area (Å²) in [5.41, 5.74) is 5.92. The van der Waals surface area contributed by atoms with Crippen LogP contribution in [-0.4, -0.2) is 31.9 Å². The monoisotopic (exact) mass is 308 g/mol. The van der Waals surface area contributed by atoms with E-state index in [2.05, 4.69) is 0 Å². The molecule has 0 bridgehead atoms. The third kappa shape index (κ3) is 3.08. The molecule has 1 atom stereocenters. The molecule has 1 unspecified atom stereocenters. The highest BCUT2D eigenvalue weighted by atomic mass is 35.5. The second kappa shape index (κ2) is 6.17. The van der Waals surface area contributed by atoms with Crippen molar-refractivity contribution in [2.24, 2.45) is 5.73 Å². The van der Waals surface area contributed by atoms with Gasteiger partial charge in [-0.15, -0.1) is 12.4 Å². The first kappa shape index (κ1) is 16.4. The molecule has 4 nitrogen and oxygen atoms in total. The summed E-state index contributed by atoms with van der Waals surface area (Å²) in [6.45, 7) is 2.36. The molecule has 1 aliphatic heterocycles. The number of rotatable bonds is 3. The van der Waals surface area contributed by atoms with Crippen LogP contribution in [0.25, 0.3) is 0 Å². The lowest BCUT2D eigenvalue weighted by molar-refractivity contribution is 0.393. The van der Waals surface area contributed by atoms with Crippen LogP contribution in [0.5, 0.6) is 0 Å². The van der Waals surface area contributed by atoms with E-state index < -0.39 is 15.8 Å². The Morgan fingerprint density at radius 3 is 2.74 bits per heavy atom. The van der Waals surface area contributed by atoms with E-state index in [0.717, 1.165) is 12.8 Å². The Bertz CT molecular complexity index is 551. The molecule has 1 aliphatic rings. The van der Waals surface area contributed by atoms with Crippen molar-refractivity contribution in [2.75, 3.05) is 13.1 Å². The summed E-state index contributed by atoms with van der Waals surface area (Å²) in [4.78, 5) is 0.141. The molecule has 1 saturated heterocycles. The van der Waals surface area contributed by atoms with Crippen molar-refractivity contribution in [2.45, 2.75) is 30.7 Å². The maximum Gasteiger partial charge on any atom is 0.243 e. The van der Waals surface area contributed by atoms with E-state index >= 15 is 0 Å². The van der Waals surface area contributed by atoms with Gasteiger partial charge in [-0.2, -0.15) is 4.31 Å². The van der Waals surface area contributed by atoms with Gasteiger partial charge in [-0.3, -0.25) is 0 Å². The zero-order chi connectivity index (χ0) is 13.3. The number of aryl methyl sites for hydroxylation is 1. The van der Waals surface area contributed by atoms with Gasteiger partial charge in [-0.05, 0) is 43.5 Å². The highest BCUT2D eigenvalue weighted by Crippen LogP contribution is 2.26. The Morgan fingerprint density at radius 2 is 2.16 bits per heavy atom. The van der Waals surface area contributed by atoms with Crippen molar-refractivity contribution < 1.29 is 12.8 Å². The first-order chi connectivity index (χ1) is 8.46. The minimum Gasteiger partial charge on any atom is -0.329 e. The minimum atomic E-state index is -3.55. The van der Waals surface area contributed by atoms with Crippen LogP contribution in [0.4, 0.5) is 4.39 Å². The molecule has 19 heavy (non-hydrogen) atoms. The van der Waals surface area contributed by atoms with E-state index in [1.165, 1.54) is 22.5 Å². The van der Waals surface area contributed by atoms with E-state index in [1.807, 2.05) is 0 Å². The average molecular weight is 309 g/mol. The number of halogens is 2. The first-order valence-electron chi connectivity index (χ1n) is 5.95. The second-order valence-electron chi connectivity index (χ2n) is 4.56. The maximum absolute atomic E-state index is 13.2. The fourth-order valence-electron chi connectivity index (χ4n) is 2.27. The highest BCUT2D eigenvalue weighted by molar-refractivity contribution is 7.89. The molecule has 0 aromatic heterocycles. The maximum atomic E-state index is 13.2. The SMILES string of the molecule is Cc1cc(S(=O)(=O)N2CCCC2CN)ccc1F.Cl. The van der Waals surface area contributed by atoms with Crippen LogP contribution in [-0.2, 0) is 10.0 Å². The number of sulfonamides is 1. The Kier molecular flexibility index (Phi) is 5.32. The van der Waals surface area contributed by atoms with E-state index in [1.54, 1.807) is 6.92 Å². The van der Waals surface area contributed by atoms with E-state index in [0.29, 0.717) is 18.7 Å². The quantitative estimate of drug-likeness (QED) is 0.924. The average Bonchev–Trinajstić information content (AvgIpc) is 2.81. The molecule has 0 amide bonds. The van der Waals surface area contributed by atoms with Crippen molar-refractivity contribution in [3.8, 4) is 0 Å². The van der Waals surface area contributed by atoms with Gasteiger partial charge in [-0.25, -0.2) is 12.8 Å². The molecular formula is C12H18ClFN2O2S. The normalized spacial score (nSPS) is 20.3. The summed E-state index contributed by atoms with van der Waals surface area (Å²) in [7, 11) is -3.55. The lowest BCUT2D eigenvalue weighted by Crippen LogP contribution is -2.39. The molecule has 0 spiro atoms. The number of benzene rings is 1. The summed E-state index contributed by atoms with van der Waals surface area (Å²) in [6, 6.07) is 3.73. The molecule has 1 aromatic rings. The summed E-state index contributed by atoms with van der Waals surface area (Å²) in [5, 5.41) is 0. The third-order valence-corrected chi connectivity index (χ3v) is 5.28. The number of nitrogens with zero attached hydrogens (tertiary/aromatic N) is 1. The van der Waals surface area contributed by atoms with Crippen LogP contribution in [0.1, 0.15) is 18.4 Å². The zero-order valence-corrected chi connectivity index (χ0v) is 12.3. The van der Waals surface area contributed by atoms with E-state index in [9.17, 15) is 12.8 Å². The third-order valence-electron chi connectivity index (χ3n) is 3.33. The minimum absolute atomic E-state index is 0. The van der Waals surface area contributed by atoms with Crippen molar-refractivity contribution in [1.29, 1.82) is 0 Å². The molecule has 0 saturated carbocycles.